The van der Waals surface area contributed by atoms with Gasteiger partial charge in [0.1, 0.15) is 12.1 Å². The van der Waals surface area contributed by atoms with Crippen LogP contribution in [0.2, 0.25) is 0 Å². The number of aliphatic hydroxyl groups is 1. The van der Waals surface area contributed by atoms with E-state index in [9.17, 15) is 9.90 Å². The standard InChI is InChI=1S/C28H39N3O3/c1-27-13-11-20-19-12-14-28(33,17-34-2)15-18(19)7-8-21(20)22(27)9-10-23(27)26(32)16-31-25-6-4-3-5-24(25)29-30-31/h3-6,18-23,33H,7-17H2,1-2H3/t18-,19-,20+,21?,22-,23+,27-,28+/m0/s1. The van der Waals surface area contributed by atoms with E-state index in [0.29, 0.717) is 30.8 Å². The van der Waals surface area contributed by atoms with E-state index in [-0.39, 0.29) is 11.3 Å². The molecule has 8 atom stereocenters. The van der Waals surface area contributed by atoms with Crippen LogP contribution >= 0.6 is 0 Å². The molecule has 0 amide bonds. The van der Waals surface area contributed by atoms with Crippen LogP contribution in [0.15, 0.2) is 24.3 Å². The Labute approximate surface area is 202 Å². The molecule has 6 heteroatoms. The van der Waals surface area contributed by atoms with Gasteiger partial charge in [0, 0.05) is 13.0 Å². The minimum atomic E-state index is -0.623. The second-order valence-electron chi connectivity index (χ2n) is 12.2. The summed E-state index contributed by atoms with van der Waals surface area (Å²) in [6, 6.07) is 7.90. The largest absolute Gasteiger partial charge is 0.387 e. The van der Waals surface area contributed by atoms with Crippen LogP contribution in [0.25, 0.3) is 11.0 Å². The summed E-state index contributed by atoms with van der Waals surface area (Å²) in [6.45, 7) is 3.23. The Morgan fingerprint density at radius 2 is 1.91 bits per heavy atom. The number of nitrogens with zero attached hydrogens (tertiary/aromatic N) is 3. The lowest BCUT2D eigenvalue weighted by Gasteiger charge is -2.57. The Morgan fingerprint density at radius 1 is 1.09 bits per heavy atom. The summed E-state index contributed by atoms with van der Waals surface area (Å²) in [7, 11) is 1.70. The van der Waals surface area contributed by atoms with Crippen LogP contribution in [0, 0.1) is 40.9 Å². The molecule has 1 aromatic heterocycles. The predicted octanol–water partition coefficient (Wildman–Crippen LogP) is 4.65. The van der Waals surface area contributed by atoms with Crippen molar-refractivity contribution in [1.82, 2.24) is 15.0 Å². The summed E-state index contributed by atoms with van der Waals surface area (Å²) in [5, 5.41) is 19.5. The number of ketones is 1. The minimum absolute atomic E-state index is 0.118. The quantitative estimate of drug-likeness (QED) is 0.696. The molecule has 2 aromatic rings. The second kappa shape index (κ2) is 8.41. The zero-order chi connectivity index (χ0) is 23.5. The summed E-state index contributed by atoms with van der Waals surface area (Å²) in [5.41, 5.74) is 1.30. The van der Waals surface area contributed by atoms with Crippen molar-refractivity contribution >= 4 is 16.8 Å². The van der Waals surface area contributed by atoms with Crippen molar-refractivity contribution in [3.8, 4) is 0 Å². The van der Waals surface area contributed by atoms with Gasteiger partial charge in [-0.2, -0.15) is 0 Å². The zero-order valence-corrected chi connectivity index (χ0v) is 20.7. The van der Waals surface area contributed by atoms with Gasteiger partial charge in [-0.1, -0.05) is 24.3 Å². The van der Waals surface area contributed by atoms with Gasteiger partial charge < -0.3 is 9.84 Å². The lowest BCUT2D eigenvalue weighted by atomic mass is 9.49. The molecular weight excluding hydrogens is 426 g/mol. The SMILES string of the molecule is COC[C@@]1(O)CC[C@H]2[C@@H](CCC3[C@@H]2CC[C@]2(C)[C@@H](C(=O)Cn4nnc5ccccc54)CC[C@@H]32)C1. The van der Waals surface area contributed by atoms with E-state index in [4.69, 9.17) is 4.74 Å². The minimum Gasteiger partial charge on any atom is -0.387 e. The van der Waals surface area contributed by atoms with Gasteiger partial charge in [-0.3, -0.25) is 4.79 Å². The van der Waals surface area contributed by atoms with Gasteiger partial charge in [-0.25, -0.2) is 4.68 Å². The molecule has 4 aliphatic carbocycles. The van der Waals surface area contributed by atoms with Gasteiger partial charge in [0.15, 0.2) is 5.78 Å². The van der Waals surface area contributed by atoms with E-state index in [2.05, 4.69) is 17.2 Å². The van der Waals surface area contributed by atoms with E-state index in [0.717, 1.165) is 54.5 Å². The zero-order valence-electron chi connectivity index (χ0n) is 20.7. The van der Waals surface area contributed by atoms with E-state index in [1.54, 1.807) is 11.8 Å². The lowest BCUT2D eigenvalue weighted by molar-refractivity contribution is -0.136. The van der Waals surface area contributed by atoms with Crippen molar-refractivity contribution in [3.05, 3.63) is 24.3 Å². The fourth-order valence-corrected chi connectivity index (χ4v) is 9.18. The van der Waals surface area contributed by atoms with E-state index in [1.165, 1.54) is 32.1 Å². The first kappa shape index (κ1) is 22.7. The Balaban J connectivity index is 1.17. The predicted molar refractivity (Wildman–Crippen MR) is 130 cm³/mol. The topological polar surface area (TPSA) is 77.2 Å². The average Bonchev–Trinajstić information content (AvgIpc) is 3.39. The van der Waals surface area contributed by atoms with Crippen LogP contribution in [0.5, 0.6) is 0 Å². The molecule has 1 heterocycles. The number of ether oxygens (including phenoxy) is 1. The van der Waals surface area contributed by atoms with Crippen molar-refractivity contribution in [2.45, 2.75) is 76.9 Å². The van der Waals surface area contributed by atoms with Gasteiger partial charge >= 0.3 is 0 Å². The fourth-order valence-electron chi connectivity index (χ4n) is 9.18. The van der Waals surface area contributed by atoms with Gasteiger partial charge in [-0.15, -0.1) is 5.10 Å². The van der Waals surface area contributed by atoms with Gasteiger partial charge in [0.2, 0.25) is 0 Å². The number of hydrogen-bond acceptors (Lipinski definition) is 5. The fraction of sp³-hybridized carbons (Fsp3) is 0.750. The molecule has 0 aliphatic heterocycles. The van der Waals surface area contributed by atoms with Gasteiger partial charge in [0.25, 0.3) is 0 Å². The Kier molecular flexibility index (Phi) is 5.60. The van der Waals surface area contributed by atoms with Crippen molar-refractivity contribution in [3.63, 3.8) is 0 Å². The molecule has 184 valence electrons. The third-order valence-electron chi connectivity index (χ3n) is 10.6. The Morgan fingerprint density at radius 3 is 2.76 bits per heavy atom. The summed E-state index contributed by atoms with van der Waals surface area (Å²) < 4.78 is 7.14. The highest BCUT2D eigenvalue weighted by atomic mass is 16.5. The molecule has 4 saturated carbocycles. The van der Waals surface area contributed by atoms with Gasteiger partial charge in [-0.05, 0) is 105 Å². The van der Waals surface area contributed by atoms with Crippen molar-refractivity contribution < 1.29 is 14.6 Å². The number of carbonyl (C=O) groups is 1. The van der Waals surface area contributed by atoms with Crippen molar-refractivity contribution in [2.75, 3.05) is 13.7 Å². The molecule has 4 aliphatic rings. The summed E-state index contributed by atoms with van der Waals surface area (Å²) in [4.78, 5) is 13.6. The number of Topliss-reactive ketones (excluding diaryl/α,β-unsaturated/α-hetero) is 1. The number of methoxy groups -OCH3 is 1. The number of carbonyl (C=O) groups excluding carboxylic acids is 1. The lowest BCUT2D eigenvalue weighted by Crippen LogP contribution is -2.52. The van der Waals surface area contributed by atoms with Crippen LogP contribution in [-0.2, 0) is 16.1 Å². The van der Waals surface area contributed by atoms with Crippen LogP contribution in [0.4, 0.5) is 0 Å². The molecule has 1 aromatic carbocycles. The monoisotopic (exact) mass is 465 g/mol. The van der Waals surface area contributed by atoms with Crippen molar-refractivity contribution in [2.24, 2.45) is 40.9 Å². The van der Waals surface area contributed by atoms with Crippen molar-refractivity contribution in [1.29, 1.82) is 0 Å². The summed E-state index contributed by atoms with van der Waals surface area (Å²) >= 11 is 0. The molecule has 6 nitrogen and oxygen atoms in total. The highest BCUT2D eigenvalue weighted by Gasteiger charge is 2.59. The molecule has 1 N–H and O–H groups in total. The molecule has 4 fully saturated rings. The van der Waals surface area contributed by atoms with Gasteiger partial charge in [0.05, 0.1) is 17.7 Å². The normalized spacial score (nSPS) is 41.6. The van der Waals surface area contributed by atoms with E-state index < -0.39 is 5.60 Å². The number of para-hydroxylation sites is 1. The maximum atomic E-state index is 13.6. The molecule has 0 saturated heterocycles. The molecule has 0 radical (unpaired) electrons. The van der Waals surface area contributed by atoms with Crippen LogP contribution in [-0.4, -0.2) is 45.2 Å². The number of aromatic nitrogens is 3. The van der Waals surface area contributed by atoms with Crippen LogP contribution < -0.4 is 0 Å². The highest BCUT2D eigenvalue weighted by molar-refractivity contribution is 5.84. The molecule has 34 heavy (non-hydrogen) atoms. The molecule has 0 spiro atoms. The van der Waals surface area contributed by atoms with E-state index in [1.807, 2.05) is 24.3 Å². The molecule has 0 bridgehead atoms. The summed E-state index contributed by atoms with van der Waals surface area (Å²) in [5.74, 6) is 4.05. The molecular formula is C28H39N3O3. The second-order valence-corrected chi connectivity index (χ2v) is 12.2. The number of hydrogen-bond donors (Lipinski definition) is 1. The number of rotatable bonds is 5. The molecule has 1 unspecified atom stereocenters. The van der Waals surface area contributed by atoms with E-state index >= 15 is 0 Å². The Bertz CT molecular complexity index is 1070. The maximum absolute atomic E-state index is 13.6. The Hall–Kier alpha value is -1.79. The number of fused-ring (bicyclic) bond motifs is 6. The van der Waals surface area contributed by atoms with Crippen LogP contribution in [0.3, 0.4) is 0 Å². The maximum Gasteiger partial charge on any atom is 0.157 e. The smallest absolute Gasteiger partial charge is 0.157 e. The molecule has 6 rings (SSSR count). The highest BCUT2D eigenvalue weighted by Crippen LogP contribution is 2.64. The third kappa shape index (κ3) is 3.55. The first-order valence-corrected chi connectivity index (χ1v) is 13.4. The first-order chi connectivity index (χ1) is 16.4. The average molecular weight is 466 g/mol. The van der Waals surface area contributed by atoms with Crippen LogP contribution in [0.1, 0.15) is 64.7 Å². The third-order valence-corrected chi connectivity index (χ3v) is 10.6. The first-order valence-electron chi connectivity index (χ1n) is 13.4. The summed E-state index contributed by atoms with van der Waals surface area (Å²) in [6.07, 6.45) is 10.0. The number of benzene rings is 1.